The number of nitriles is 1. The zero-order chi connectivity index (χ0) is 22.7. The maximum absolute atomic E-state index is 9.56. The standard InChI is InChI=1S/C24H22Cl2N2O2S2/c1-14-17(9-22(14)28-31-2)12-30-18-3-4-19-20(13-32-23(19)10-18)15-7-16(11-27)24(21(26)8-15)29-6-5-25/h3-4,7-8,10,13,22,28H,5-6,9,12H2,1-2H3. The molecule has 4 nitrogen and oxygen atoms in total. The largest absolute Gasteiger partial charge is 0.489 e. The molecule has 1 aliphatic rings. The lowest BCUT2D eigenvalue weighted by Crippen LogP contribution is -2.35. The van der Waals surface area contributed by atoms with Crippen LogP contribution in [0.3, 0.4) is 0 Å². The first-order chi connectivity index (χ1) is 15.5. The third-order valence-electron chi connectivity index (χ3n) is 5.55. The summed E-state index contributed by atoms with van der Waals surface area (Å²) >= 11 is 15.4. The molecule has 1 unspecified atom stereocenters. The summed E-state index contributed by atoms with van der Waals surface area (Å²) in [6.07, 6.45) is 3.08. The van der Waals surface area contributed by atoms with Crippen molar-refractivity contribution in [3.63, 3.8) is 0 Å². The van der Waals surface area contributed by atoms with Crippen LogP contribution in [-0.4, -0.2) is 31.4 Å². The maximum atomic E-state index is 9.56. The normalized spacial score (nSPS) is 15.5. The van der Waals surface area contributed by atoms with E-state index >= 15 is 0 Å². The zero-order valence-electron chi connectivity index (χ0n) is 17.7. The Morgan fingerprint density at radius 2 is 2.12 bits per heavy atom. The van der Waals surface area contributed by atoms with Crippen LogP contribution >= 0.6 is 46.5 Å². The van der Waals surface area contributed by atoms with Gasteiger partial charge in [0.05, 0.1) is 16.5 Å². The van der Waals surface area contributed by atoms with Gasteiger partial charge in [0.25, 0.3) is 0 Å². The van der Waals surface area contributed by atoms with E-state index in [0.717, 1.165) is 33.4 Å². The van der Waals surface area contributed by atoms with Crippen molar-refractivity contribution in [2.75, 3.05) is 25.3 Å². The minimum atomic E-state index is 0.296. The van der Waals surface area contributed by atoms with Crippen LogP contribution in [0.15, 0.2) is 46.9 Å². The average Bonchev–Trinajstić information content (AvgIpc) is 3.22. The molecule has 1 aliphatic carbocycles. The van der Waals surface area contributed by atoms with Crippen molar-refractivity contribution >= 4 is 56.6 Å². The summed E-state index contributed by atoms with van der Waals surface area (Å²) in [7, 11) is 0. The molecule has 0 amide bonds. The summed E-state index contributed by atoms with van der Waals surface area (Å²) in [5, 5.41) is 13.1. The number of ether oxygens (including phenoxy) is 2. The second kappa shape index (κ2) is 10.4. The molecule has 2 aromatic carbocycles. The van der Waals surface area contributed by atoms with E-state index in [1.165, 1.54) is 11.1 Å². The Labute approximate surface area is 206 Å². The number of nitrogens with zero attached hydrogens (tertiary/aromatic N) is 1. The molecule has 166 valence electrons. The molecule has 0 fully saturated rings. The third-order valence-corrected chi connectivity index (χ3v) is 7.45. The molecule has 32 heavy (non-hydrogen) atoms. The molecule has 1 atom stereocenters. The van der Waals surface area contributed by atoms with Crippen molar-refractivity contribution in [3.05, 3.63) is 57.4 Å². The van der Waals surface area contributed by atoms with E-state index in [1.807, 2.05) is 24.5 Å². The van der Waals surface area contributed by atoms with Gasteiger partial charge in [-0.25, -0.2) is 0 Å². The first kappa shape index (κ1) is 23.3. The molecule has 8 heteroatoms. The monoisotopic (exact) mass is 504 g/mol. The fourth-order valence-corrected chi connectivity index (χ4v) is 5.63. The van der Waals surface area contributed by atoms with Crippen molar-refractivity contribution in [2.45, 2.75) is 19.4 Å². The first-order valence-corrected chi connectivity index (χ1v) is 13.1. The number of fused-ring (bicyclic) bond motifs is 1. The van der Waals surface area contributed by atoms with Gasteiger partial charge in [-0.1, -0.05) is 29.1 Å². The molecule has 3 aromatic rings. The van der Waals surface area contributed by atoms with Gasteiger partial charge in [0.2, 0.25) is 0 Å². The highest BCUT2D eigenvalue weighted by atomic mass is 35.5. The van der Waals surface area contributed by atoms with Gasteiger partial charge in [-0.2, -0.15) is 5.26 Å². The van der Waals surface area contributed by atoms with Crippen LogP contribution in [0, 0.1) is 11.3 Å². The van der Waals surface area contributed by atoms with Crippen LogP contribution in [-0.2, 0) is 0 Å². The molecule has 1 heterocycles. The van der Waals surface area contributed by atoms with E-state index in [-0.39, 0.29) is 0 Å². The highest BCUT2D eigenvalue weighted by Crippen LogP contribution is 2.40. The fourth-order valence-electron chi connectivity index (χ4n) is 3.73. The maximum Gasteiger partial charge on any atom is 0.155 e. The lowest BCUT2D eigenvalue weighted by molar-refractivity contribution is 0.334. The van der Waals surface area contributed by atoms with E-state index < -0.39 is 0 Å². The Bertz CT molecular complexity index is 1220. The van der Waals surface area contributed by atoms with Crippen molar-refractivity contribution in [2.24, 2.45) is 0 Å². The predicted molar refractivity (Wildman–Crippen MR) is 136 cm³/mol. The Balaban J connectivity index is 1.55. The van der Waals surface area contributed by atoms with Crippen molar-refractivity contribution < 1.29 is 9.47 Å². The van der Waals surface area contributed by atoms with Gasteiger partial charge in [0, 0.05) is 21.7 Å². The SMILES string of the molecule is CSNC1CC(COc2ccc3c(-c4cc(Cl)c(OCCCl)c(C#N)c4)csc3c2)=C1C. The van der Waals surface area contributed by atoms with Gasteiger partial charge < -0.3 is 9.47 Å². The van der Waals surface area contributed by atoms with Crippen LogP contribution in [0.5, 0.6) is 11.5 Å². The molecule has 0 aliphatic heterocycles. The van der Waals surface area contributed by atoms with Gasteiger partial charge in [-0.15, -0.1) is 22.9 Å². The number of rotatable bonds is 9. The van der Waals surface area contributed by atoms with Crippen molar-refractivity contribution in [1.82, 2.24) is 4.72 Å². The summed E-state index contributed by atoms with van der Waals surface area (Å²) in [4.78, 5) is 0. The number of hydrogen-bond donors (Lipinski definition) is 1. The van der Waals surface area contributed by atoms with E-state index in [4.69, 9.17) is 32.7 Å². The molecule has 0 radical (unpaired) electrons. The summed E-state index contributed by atoms with van der Waals surface area (Å²) in [5.41, 5.74) is 5.05. The van der Waals surface area contributed by atoms with Gasteiger partial charge in [0.15, 0.2) is 5.75 Å². The van der Waals surface area contributed by atoms with Gasteiger partial charge in [0.1, 0.15) is 25.0 Å². The minimum absolute atomic E-state index is 0.296. The molecule has 1 aromatic heterocycles. The minimum Gasteiger partial charge on any atom is -0.489 e. The Morgan fingerprint density at radius 3 is 2.84 bits per heavy atom. The Kier molecular flexibility index (Phi) is 7.55. The first-order valence-electron chi connectivity index (χ1n) is 10.1. The van der Waals surface area contributed by atoms with Gasteiger partial charge in [-0.05, 0) is 66.4 Å². The molecular weight excluding hydrogens is 483 g/mol. The number of benzene rings is 2. The number of nitrogens with one attached hydrogen (secondary N) is 1. The second-order valence-corrected chi connectivity index (χ2v) is 9.79. The predicted octanol–water partition coefficient (Wildman–Crippen LogP) is 7.05. The Hall–Kier alpha value is -1.88. The molecule has 0 saturated carbocycles. The van der Waals surface area contributed by atoms with E-state index in [0.29, 0.717) is 41.5 Å². The van der Waals surface area contributed by atoms with Crippen LogP contribution < -0.4 is 14.2 Å². The summed E-state index contributed by atoms with van der Waals surface area (Å²) in [5.74, 6) is 1.56. The summed E-state index contributed by atoms with van der Waals surface area (Å²) < 4.78 is 16.1. The highest BCUT2D eigenvalue weighted by Gasteiger charge is 2.25. The smallest absolute Gasteiger partial charge is 0.155 e. The number of thiophene rings is 1. The van der Waals surface area contributed by atoms with Crippen LogP contribution in [0.25, 0.3) is 21.2 Å². The number of hydrogen-bond acceptors (Lipinski definition) is 6. The summed E-state index contributed by atoms with van der Waals surface area (Å²) in [6, 6.07) is 12.4. The molecule has 0 spiro atoms. The quantitative estimate of drug-likeness (QED) is 0.192. The van der Waals surface area contributed by atoms with Gasteiger partial charge >= 0.3 is 0 Å². The molecule has 4 rings (SSSR count). The second-order valence-electron chi connectivity index (χ2n) is 7.45. The van der Waals surface area contributed by atoms with Crippen molar-refractivity contribution in [3.8, 4) is 28.7 Å². The molecule has 0 saturated heterocycles. The summed E-state index contributed by atoms with van der Waals surface area (Å²) in [6.45, 7) is 3.08. The number of halogens is 2. The van der Waals surface area contributed by atoms with E-state index in [9.17, 15) is 5.26 Å². The third kappa shape index (κ3) is 4.73. The molecule has 0 bridgehead atoms. The Morgan fingerprint density at radius 1 is 1.28 bits per heavy atom. The molecular formula is C24H22Cl2N2O2S2. The van der Waals surface area contributed by atoms with Crippen LogP contribution in [0.2, 0.25) is 5.02 Å². The number of alkyl halides is 1. The lowest BCUT2D eigenvalue weighted by Gasteiger charge is -2.31. The van der Waals surface area contributed by atoms with E-state index in [2.05, 4.69) is 35.2 Å². The highest BCUT2D eigenvalue weighted by molar-refractivity contribution is 7.96. The van der Waals surface area contributed by atoms with Crippen molar-refractivity contribution in [1.29, 1.82) is 5.26 Å². The zero-order valence-corrected chi connectivity index (χ0v) is 20.9. The topological polar surface area (TPSA) is 54.3 Å². The van der Waals surface area contributed by atoms with E-state index in [1.54, 1.807) is 23.3 Å². The average molecular weight is 505 g/mol. The fraction of sp³-hybridized carbons (Fsp3) is 0.292. The van der Waals surface area contributed by atoms with Crippen LogP contribution in [0.4, 0.5) is 0 Å². The van der Waals surface area contributed by atoms with Gasteiger partial charge in [-0.3, -0.25) is 4.72 Å². The lowest BCUT2D eigenvalue weighted by atomic mass is 9.85. The van der Waals surface area contributed by atoms with Crippen LogP contribution in [0.1, 0.15) is 18.9 Å². The molecule has 1 N–H and O–H groups in total.